The molecule has 0 amide bonds. The van der Waals surface area contributed by atoms with Crippen LogP contribution >= 0.6 is 11.8 Å². The van der Waals surface area contributed by atoms with Crippen LogP contribution in [0, 0.1) is 0 Å². The lowest BCUT2D eigenvalue weighted by Crippen LogP contribution is -2.03. The second-order valence-corrected chi connectivity index (χ2v) is 3.89. The van der Waals surface area contributed by atoms with E-state index in [9.17, 15) is 9.59 Å². The summed E-state index contributed by atoms with van der Waals surface area (Å²) in [5, 5.41) is 0.0413. The van der Waals surface area contributed by atoms with Crippen LogP contribution in [-0.2, 0) is 9.59 Å². The van der Waals surface area contributed by atoms with Gasteiger partial charge in [0.05, 0.1) is 5.75 Å². The third-order valence-electron chi connectivity index (χ3n) is 1.68. The molecule has 0 aromatic carbocycles. The zero-order valence-electron chi connectivity index (χ0n) is 7.58. The van der Waals surface area contributed by atoms with Crippen LogP contribution in [0.3, 0.4) is 0 Å². The highest BCUT2D eigenvalue weighted by Gasteiger charge is 2.11. The van der Waals surface area contributed by atoms with Crippen LogP contribution in [-0.4, -0.2) is 16.7 Å². The minimum Gasteiger partial charge on any atom is -0.299 e. The summed E-state index contributed by atoms with van der Waals surface area (Å²) in [4.78, 5) is 22.0. The van der Waals surface area contributed by atoms with Gasteiger partial charge >= 0.3 is 0 Å². The first kappa shape index (κ1) is 10.3. The van der Waals surface area contributed by atoms with E-state index in [2.05, 4.69) is 0 Å². The Balaban J connectivity index is 2.43. The predicted molar refractivity (Wildman–Crippen MR) is 54.6 cm³/mol. The number of carbonyl (C=O) groups is 2. The lowest BCUT2D eigenvalue weighted by Gasteiger charge is -2.05. The van der Waals surface area contributed by atoms with Crippen LogP contribution in [0.4, 0.5) is 0 Å². The molecule has 0 N–H and O–H groups in total. The third-order valence-corrected chi connectivity index (χ3v) is 2.76. The van der Waals surface area contributed by atoms with Crippen LogP contribution in [0.2, 0.25) is 0 Å². The van der Waals surface area contributed by atoms with E-state index in [1.807, 2.05) is 18.2 Å². The Kier molecular flexibility index (Phi) is 3.96. The number of allylic oxidation sites excluding steroid dienone is 3. The van der Waals surface area contributed by atoms with Gasteiger partial charge in [-0.05, 0) is 19.8 Å². The topological polar surface area (TPSA) is 34.1 Å². The molecule has 0 aliphatic heterocycles. The zero-order valence-corrected chi connectivity index (χ0v) is 8.39. The number of thioether (sulfide) groups is 1. The third kappa shape index (κ3) is 3.59. The van der Waals surface area contributed by atoms with E-state index < -0.39 is 0 Å². The van der Waals surface area contributed by atoms with Gasteiger partial charge in [0.2, 0.25) is 5.12 Å². The Morgan fingerprint density at radius 2 is 2.31 bits per heavy atom. The number of hydrogen-bond donors (Lipinski definition) is 0. The van der Waals surface area contributed by atoms with E-state index in [1.54, 1.807) is 0 Å². The summed E-state index contributed by atoms with van der Waals surface area (Å²) in [5.74, 6) is 0.338. The molecular weight excluding hydrogens is 184 g/mol. The molecule has 0 fully saturated rings. The molecule has 0 atom stereocenters. The molecule has 1 aliphatic carbocycles. The highest BCUT2D eigenvalue weighted by atomic mass is 32.2. The standard InChI is InChI=1S/C10H12O2S/c1-8(11)7-13-10(12)9-5-3-2-4-6-9/h2-3,5H,4,6-7H2,1H3. The van der Waals surface area contributed by atoms with Crippen molar-refractivity contribution in [3.05, 3.63) is 23.8 Å². The van der Waals surface area contributed by atoms with Gasteiger partial charge in [-0.2, -0.15) is 0 Å². The van der Waals surface area contributed by atoms with Crippen molar-refractivity contribution >= 4 is 22.7 Å². The van der Waals surface area contributed by atoms with Crippen molar-refractivity contribution in [3.8, 4) is 0 Å². The van der Waals surface area contributed by atoms with Crippen LogP contribution in [0.5, 0.6) is 0 Å². The Labute approximate surface area is 82.1 Å². The van der Waals surface area contributed by atoms with Crippen molar-refractivity contribution in [2.24, 2.45) is 0 Å². The van der Waals surface area contributed by atoms with Gasteiger partial charge in [-0.1, -0.05) is 30.0 Å². The van der Waals surface area contributed by atoms with Crippen LogP contribution in [0.15, 0.2) is 23.8 Å². The van der Waals surface area contributed by atoms with Gasteiger partial charge in [-0.25, -0.2) is 0 Å². The fourth-order valence-corrected chi connectivity index (χ4v) is 1.72. The van der Waals surface area contributed by atoms with Gasteiger partial charge in [0.15, 0.2) is 0 Å². The summed E-state index contributed by atoms with van der Waals surface area (Å²) in [7, 11) is 0. The number of Topliss-reactive ketones (excluding diaryl/α,β-unsaturated/α-hetero) is 1. The monoisotopic (exact) mass is 196 g/mol. The SMILES string of the molecule is CC(=O)CSC(=O)C1=CC=CCC1. The molecule has 0 unspecified atom stereocenters. The van der Waals surface area contributed by atoms with Crippen molar-refractivity contribution in [3.63, 3.8) is 0 Å². The molecule has 0 spiro atoms. The molecule has 0 saturated heterocycles. The van der Waals surface area contributed by atoms with Crippen LogP contribution < -0.4 is 0 Å². The first-order valence-electron chi connectivity index (χ1n) is 4.22. The normalized spacial score (nSPS) is 15.3. The van der Waals surface area contributed by atoms with E-state index >= 15 is 0 Å². The molecule has 1 aliphatic rings. The summed E-state index contributed by atoms with van der Waals surface area (Å²) >= 11 is 1.10. The van der Waals surface area contributed by atoms with Crippen LogP contribution in [0.1, 0.15) is 19.8 Å². The van der Waals surface area contributed by atoms with Crippen molar-refractivity contribution in [2.75, 3.05) is 5.75 Å². The molecule has 0 heterocycles. The van der Waals surface area contributed by atoms with Gasteiger partial charge < -0.3 is 0 Å². The summed E-state index contributed by atoms with van der Waals surface area (Å²) in [6.07, 6.45) is 7.49. The molecule has 70 valence electrons. The number of hydrogen-bond acceptors (Lipinski definition) is 3. The van der Waals surface area contributed by atoms with Gasteiger partial charge in [0, 0.05) is 5.57 Å². The highest BCUT2D eigenvalue weighted by molar-refractivity contribution is 8.14. The second-order valence-electron chi connectivity index (χ2n) is 2.94. The predicted octanol–water partition coefficient (Wildman–Crippen LogP) is 2.11. The number of carbonyl (C=O) groups excluding carboxylic acids is 2. The molecule has 2 nitrogen and oxygen atoms in total. The molecule has 0 bridgehead atoms. The molecule has 0 radical (unpaired) electrons. The fourth-order valence-electron chi connectivity index (χ4n) is 1.03. The van der Waals surface area contributed by atoms with Crippen LogP contribution in [0.25, 0.3) is 0 Å². The average Bonchev–Trinajstić information content (AvgIpc) is 2.15. The molecule has 0 saturated carbocycles. The first-order chi connectivity index (χ1) is 6.20. The summed E-state index contributed by atoms with van der Waals surface area (Å²) in [5.41, 5.74) is 0.828. The Bertz CT molecular complexity index is 277. The lowest BCUT2D eigenvalue weighted by molar-refractivity contribution is -0.115. The summed E-state index contributed by atoms with van der Waals surface area (Å²) in [6, 6.07) is 0. The van der Waals surface area contributed by atoms with Crippen molar-refractivity contribution in [1.29, 1.82) is 0 Å². The molecular formula is C10H12O2S. The van der Waals surface area contributed by atoms with Crippen molar-refractivity contribution in [2.45, 2.75) is 19.8 Å². The van der Waals surface area contributed by atoms with Gasteiger partial charge in [-0.15, -0.1) is 0 Å². The van der Waals surface area contributed by atoms with E-state index in [1.165, 1.54) is 6.92 Å². The second kappa shape index (κ2) is 5.02. The van der Waals surface area contributed by atoms with Crippen molar-refractivity contribution < 1.29 is 9.59 Å². The number of ketones is 1. The molecule has 13 heavy (non-hydrogen) atoms. The minimum atomic E-state index is 0.0413. The largest absolute Gasteiger partial charge is 0.299 e. The Morgan fingerprint density at radius 1 is 1.54 bits per heavy atom. The maximum Gasteiger partial charge on any atom is 0.215 e. The maximum atomic E-state index is 11.4. The van der Waals surface area contributed by atoms with E-state index in [-0.39, 0.29) is 10.9 Å². The maximum absolute atomic E-state index is 11.4. The van der Waals surface area contributed by atoms with Crippen molar-refractivity contribution in [1.82, 2.24) is 0 Å². The summed E-state index contributed by atoms with van der Waals surface area (Å²) in [6.45, 7) is 1.50. The quantitative estimate of drug-likeness (QED) is 0.693. The molecule has 1 rings (SSSR count). The average molecular weight is 196 g/mol. The van der Waals surface area contributed by atoms with E-state index in [4.69, 9.17) is 0 Å². The highest BCUT2D eigenvalue weighted by Crippen LogP contribution is 2.18. The molecule has 3 heteroatoms. The van der Waals surface area contributed by atoms with Gasteiger partial charge in [0.1, 0.15) is 5.78 Å². The Hall–Kier alpha value is -0.830. The number of rotatable bonds is 3. The first-order valence-corrected chi connectivity index (χ1v) is 5.21. The molecule has 0 aromatic rings. The lowest BCUT2D eigenvalue weighted by atomic mass is 10.1. The Morgan fingerprint density at radius 3 is 2.85 bits per heavy atom. The van der Waals surface area contributed by atoms with Gasteiger partial charge in [-0.3, -0.25) is 9.59 Å². The smallest absolute Gasteiger partial charge is 0.215 e. The summed E-state index contributed by atoms with van der Waals surface area (Å²) < 4.78 is 0. The van der Waals surface area contributed by atoms with Gasteiger partial charge in [0.25, 0.3) is 0 Å². The zero-order chi connectivity index (χ0) is 9.68. The fraction of sp³-hybridized carbons (Fsp3) is 0.400. The molecule has 0 aromatic heterocycles. The van der Waals surface area contributed by atoms with E-state index in [0.717, 1.165) is 30.2 Å². The van der Waals surface area contributed by atoms with E-state index in [0.29, 0.717) is 5.75 Å². The minimum absolute atomic E-state index is 0.0413.